The first-order chi connectivity index (χ1) is 9.15. The molecule has 2 aromatic rings. The van der Waals surface area contributed by atoms with Crippen LogP contribution in [0.25, 0.3) is 0 Å². The average molecular weight is 300 g/mol. The fourth-order valence-electron chi connectivity index (χ4n) is 1.97. The van der Waals surface area contributed by atoms with Crippen molar-refractivity contribution in [2.24, 2.45) is 0 Å². The Bertz CT molecular complexity index is 559. The van der Waals surface area contributed by atoms with Crippen molar-refractivity contribution in [3.8, 4) is 0 Å². The fraction of sp³-hybridized carbons (Fsp3) is 0.385. The van der Waals surface area contributed by atoms with Crippen molar-refractivity contribution in [2.45, 2.75) is 25.8 Å². The van der Waals surface area contributed by atoms with E-state index in [-0.39, 0.29) is 11.9 Å². The van der Waals surface area contributed by atoms with Crippen LogP contribution in [0, 0.1) is 5.82 Å². The highest BCUT2D eigenvalue weighted by Gasteiger charge is 2.19. The molecule has 2 rings (SSSR count). The van der Waals surface area contributed by atoms with Crippen LogP contribution in [0.5, 0.6) is 0 Å². The summed E-state index contributed by atoms with van der Waals surface area (Å²) in [6.07, 6.45) is 1.35. The molecule has 0 radical (unpaired) electrons. The van der Waals surface area contributed by atoms with Gasteiger partial charge in [-0.3, -0.25) is 0 Å². The Kier molecular flexibility index (Phi) is 4.85. The van der Waals surface area contributed by atoms with E-state index < -0.39 is 0 Å². The molecule has 0 saturated carbocycles. The van der Waals surface area contributed by atoms with Gasteiger partial charge in [0.1, 0.15) is 5.82 Å². The van der Waals surface area contributed by atoms with Crippen LogP contribution in [0.4, 0.5) is 4.39 Å². The maximum Gasteiger partial charge on any atom is 0.126 e. The maximum atomic E-state index is 13.8. The molecule has 0 aliphatic heterocycles. The van der Waals surface area contributed by atoms with E-state index in [1.54, 1.807) is 12.1 Å². The van der Waals surface area contributed by atoms with Crippen LogP contribution in [0.1, 0.15) is 29.1 Å². The zero-order valence-electron chi connectivity index (χ0n) is 10.8. The zero-order chi connectivity index (χ0) is 13.8. The summed E-state index contributed by atoms with van der Waals surface area (Å²) in [5, 5.41) is 7.83. The Morgan fingerprint density at radius 3 is 2.95 bits per heavy atom. The van der Waals surface area contributed by atoms with Gasteiger partial charge in [-0.15, -0.1) is 5.10 Å². The summed E-state index contributed by atoms with van der Waals surface area (Å²) in [7, 11) is 1.85. The van der Waals surface area contributed by atoms with Crippen molar-refractivity contribution in [2.75, 3.05) is 7.05 Å². The van der Waals surface area contributed by atoms with Crippen LogP contribution < -0.4 is 5.32 Å². The second-order valence-electron chi connectivity index (χ2n) is 4.22. The summed E-state index contributed by atoms with van der Waals surface area (Å²) in [4.78, 5) is 1.06. The SMILES string of the molecule is CCc1nnsc1C(Cc1cc(Cl)ccc1F)NC. The van der Waals surface area contributed by atoms with E-state index in [1.165, 1.54) is 17.6 Å². The molecule has 3 nitrogen and oxygen atoms in total. The minimum absolute atomic E-state index is 0.00270. The largest absolute Gasteiger partial charge is 0.312 e. The molecule has 1 aromatic heterocycles. The topological polar surface area (TPSA) is 37.8 Å². The van der Waals surface area contributed by atoms with Gasteiger partial charge in [0.2, 0.25) is 0 Å². The molecule has 0 spiro atoms. The van der Waals surface area contributed by atoms with Crippen molar-refractivity contribution in [1.29, 1.82) is 0 Å². The number of rotatable bonds is 5. The quantitative estimate of drug-likeness (QED) is 0.919. The number of hydrogen-bond acceptors (Lipinski definition) is 4. The molecule has 0 saturated heterocycles. The lowest BCUT2D eigenvalue weighted by Gasteiger charge is -2.15. The van der Waals surface area contributed by atoms with E-state index in [0.717, 1.165) is 17.0 Å². The second kappa shape index (κ2) is 6.41. The van der Waals surface area contributed by atoms with Crippen LogP contribution in [-0.2, 0) is 12.8 Å². The molecule has 0 fully saturated rings. The van der Waals surface area contributed by atoms with Gasteiger partial charge in [0.15, 0.2) is 0 Å². The Hall–Kier alpha value is -1.04. The van der Waals surface area contributed by atoms with Gasteiger partial charge in [0, 0.05) is 11.1 Å². The number of aryl methyl sites for hydroxylation is 1. The molecule has 0 aliphatic rings. The fourth-order valence-corrected chi connectivity index (χ4v) is 3.01. The highest BCUT2D eigenvalue weighted by atomic mass is 35.5. The first kappa shape index (κ1) is 14.4. The smallest absolute Gasteiger partial charge is 0.126 e. The molecule has 0 bridgehead atoms. The molecular weight excluding hydrogens is 285 g/mol. The average Bonchev–Trinajstić information content (AvgIpc) is 2.88. The highest BCUT2D eigenvalue weighted by Crippen LogP contribution is 2.26. The third kappa shape index (κ3) is 3.29. The number of nitrogens with zero attached hydrogens (tertiary/aromatic N) is 2. The van der Waals surface area contributed by atoms with Gasteiger partial charge >= 0.3 is 0 Å². The predicted octanol–water partition coefficient (Wildman–Crippen LogP) is 3.40. The molecule has 0 amide bonds. The number of hydrogen-bond donors (Lipinski definition) is 1. The van der Waals surface area contributed by atoms with E-state index in [0.29, 0.717) is 17.0 Å². The monoisotopic (exact) mass is 299 g/mol. The van der Waals surface area contributed by atoms with Gasteiger partial charge in [-0.25, -0.2) is 4.39 Å². The molecule has 19 heavy (non-hydrogen) atoms. The summed E-state index contributed by atoms with van der Waals surface area (Å²) >= 11 is 7.27. The third-order valence-electron chi connectivity index (χ3n) is 3.02. The summed E-state index contributed by atoms with van der Waals surface area (Å²) in [6, 6.07) is 4.63. The summed E-state index contributed by atoms with van der Waals surface area (Å²) in [5.74, 6) is -0.236. The molecule has 0 aliphatic carbocycles. The summed E-state index contributed by atoms with van der Waals surface area (Å²) in [5.41, 5.74) is 1.56. The minimum atomic E-state index is -0.236. The Balaban J connectivity index is 2.26. The van der Waals surface area contributed by atoms with Crippen molar-refractivity contribution >= 4 is 23.1 Å². The third-order valence-corrected chi connectivity index (χ3v) is 4.13. The molecular formula is C13H15ClFN3S. The molecule has 1 N–H and O–H groups in total. The van der Waals surface area contributed by atoms with Gasteiger partial charge < -0.3 is 5.32 Å². The van der Waals surface area contributed by atoms with Crippen molar-refractivity contribution in [3.63, 3.8) is 0 Å². The van der Waals surface area contributed by atoms with Gasteiger partial charge in [-0.05, 0) is 55.2 Å². The van der Waals surface area contributed by atoms with E-state index in [2.05, 4.69) is 14.9 Å². The Labute approximate surface area is 121 Å². The lowest BCUT2D eigenvalue weighted by molar-refractivity contribution is 0.556. The number of aromatic nitrogens is 2. The predicted molar refractivity (Wildman–Crippen MR) is 76.2 cm³/mol. The Morgan fingerprint density at radius 2 is 2.26 bits per heavy atom. The Morgan fingerprint density at radius 1 is 1.47 bits per heavy atom. The van der Waals surface area contributed by atoms with Gasteiger partial charge in [-0.2, -0.15) is 0 Å². The van der Waals surface area contributed by atoms with Crippen LogP contribution >= 0.6 is 23.1 Å². The highest BCUT2D eigenvalue weighted by molar-refractivity contribution is 7.05. The number of likely N-dealkylation sites (N-methyl/N-ethyl adjacent to an activating group) is 1. The number of nitrogens with one attached hydrogen (secondary N) is 1. The molecule has 102 valence electrons. The molecule has 1 heterocycles. The summed E-state index contributed by atoms with van der Waals surface area (Å²) < 4.78 is 17.8. The van der Waals surface area contributed by atoms with E-state index >= 15 is 0 Å². The molecule has 1 unspecified atom stereocenters. The first-order valence-electron chi connectivity index (χ1n) is 6.08. The van der Waals surface area contributed by atoms with Crippen LogP contribution in [0.15, 0.2) is 18.2 Å². The van der Waals surface area contributed by atoms with E-state index in [9.17, 15) is 4.39 Å². The molecule has 6 heteroatoms. The van der Waals surface area contributed by atoms with Gasteiger partial charge in [-0.1, -0.05) is 23.0 Å². The van der Waals surface area contributed by atoms with Crippen LogP contribution in [-0.4, -0.2) is 16.6 Å². The van der Waals surface area contributed by atoms with Crippen LogP contribution in [0.2, 0.25) is 5.02 Å². The number of benzene rings is 1. The van der Waals surface area contributed by atoms with E-state index in [1.807, 2.05) is 14.0 Å². The summed E-state index contributed by atoms with van der Waals surface area (Å²) in [6.45, 7) is 2.03. The van der Waals surface area contributed by atoms with E-state index in [4.69, 9.17) is 11.6 Å². The normalized spacial score (nSPS) is 12.6. The van der Waals surface area contributed by atoms with Crippen LogP contribution in [0.3, 0.4) is 0 Å². The first-order valence-corrected chi connectivity index (χ1v) is 7.23. The second-order valence-corrected chi connectivity index (χ2v) is 5.44. The van der Waals surface area contributed by atoms with Crippen molar-refractivity contribution in [1.82, 2.24) is 14.9 Å². The standard InChI is InChI=1S/C13H15ClFN3S/c1-3-11-13(19-18-17-11)12(16-2)7-8-6-9(14)4-5-10(8)15/h4-6,12,16H,3,7H2,1-2H3. The van der Waals surface area contributed by atoms with Crippen molar-refractivity contribution in [3.05, 3.63) is 45.2 Å². The van der Waals surface area contributed by atoms with Gasteiger partial charge in [0.05, 0.1) is 10.6 Å². The lowest BCUT2D eigenvalue weighted by atomic mass is 10.0. The minimum Gasteiger partial charge on any atom is -0.312 e. The lowest BCUT2D eigenvalue weighted by Crippen LogP contribution is -2.19. The molecule has 1 atom stereocenters. The molecule has 1 aromatic carbocycles. The maximum absolute atomic E-state index is 13.8. The van der Waals surface area contributed by atoms with Gasteiger partial charge in [0.25, 0.3) is 0 Å². The number of halogens is 2. The zero-order valence-corrected chi connectivity index (χ0v) is 12.4. The van der Waals surface area contributed by atoms with Crippen molar-refractivity contribution < 1.29 is 4.39 Å².